The summed E-state index contributed by atoms with van der Waals surface area (Å²) in [6.45, 7) is 1.68. The molecule has 11 heteroatoms. The maximum Gasteiger partial charge on any atom is 0.418 e. The van der Waals surface area contributed by atoms with Gasteiger partial charge in [0.2, 0.25) is 0 Å². The van der Waals surface area contributed by atoms with Crippen LogP contribution in [0.1, 0.15) is 32.9 Å². The molecule has 0 radical (unpaired) electrons. The van der Waals surface area contributed by atoms with E-state index in [1.807, 2.05) is 22.6 Å². The Morgan fingerprint density at radius 2 is 1.89 bits per heavy atom. The summed E-state index contributed by atoms with van der Waals surface area (Å²) in [4.78, 5) is 16.8. The lowest BCUT2D eigenvalue weighted by atomic mass is 10.1. The predicted octanol–water partition coefficient (Wildman–Crippen LogP) is 5.90. The van der Waals surface area contributed by atoms with Crippen LogP contribution in [0.5, 0.6) is 0 Å². The highest BCUT2D eigenvalue weighted by atomic mass is 127. The Balaban J connectivity index is 1.60. The molecule has 176 valence electrons. The van der Waals surface area contributed by atoms with Crippen LogP contribution in [0.25, 0.3) is 5.69 Å². The van der Waals surface area contributed by atoms with Crippen LogP contribution in [0.15, 0.2) is 61.1 Å². The number of rotatable bonds is 3. The third-order valence-electron chi connectivity index (χ3n) is 4.74. The van der Waals surface area contributed by atoms with Gasteiger partial charge in [-0.2, -0.15) is 13.2 Å². The highest BCUT2D eigenvalue weighted by Crippen LogP contribution is 2.36. The molecule has 4 rings (SSSR count). The van der Waals surface area contributed by atoms with E-state index in [1.165, 1.54) is 47.4 Å². The van der Waals surface area contributed by atoms with Gasteiger partial charge in [0, 0.05) is 23.0 Å². The second kappa shape index (κ2) is 10.1. The number of aryl methyl sites for hydroxylation is 1. The number of carbonyl (C=O) groups excluding carboxylic acids is 1. The van der Waals surface area contributed by atoms with Crippen molar-refractivity contribution in [3.8, 4) is 17.5 Å². The van der Waals surface area contributed by atoms with Crippen molar-refractivity contribution in [3.63, 3.8) is 0 Å². The molecular formula is C24H14ClF3IN5O. The molecule has 6 nitrogen and oxygen atoms in total. The molecule has 2 aromatic heterocycles. The molecule has 0 bridgehead atoms. The van der Waals surface area contributed by atoms with E-state index in [0.717, 1.165) is 6.07 Å². The number of amides is 1. The quantitative estimate of drug-likeness (QED) is 0.233. The van der Waals surface area contributed by atoms with Crippen molar-refractivity contribution < 1.29 is 18.0 Å². The second-order valence-corrected chi connectivity index (χ2v) is 8.80. The Kier molecular flexibility index (Phi) is 7.09. The van der Waals surface area contributed by atoms with E-state index in [1.54, 1.807) is 19.1 Å². The molecule has 0 unspecified atom stereocenters. The van der Waals surface area contributed by atoms with E-state index in [0.29, 0.717) is 25.7 Å². The SMILES string of the molecule is Cc1cn(-c2ccc(NC(=O)c3ccc(Cl)c(C#Cc4ccc(I)nn4)c3)cc2C(F)(F)F)cn1. The second-order valence-electron chi connectivity index (χ2n) is 7.29. The van der Waals surface area contributed by atoms with Crippen molar-refractivity contribution in [2.45, 2.75) is 13.1 Å². The van der Waals surface area contributed by atoms with Gasteiger partial charge in [-0.1, -0.05) is 17.5 Å². The normalized spacial score (nSPS) is 11.0. The summed E-state index contributed by atoms with van der Waals surface area (Å²) in [5, 5.41) is 10.7. The van der Waals surface area contributed by atoms with Crippen molar-refractivity contribution in [1.29, 1.82) is 0 Å². The van der Waals surface area contributed by atoms with E-state index < -0.39 is 17.6 Å². The molecule has 0 aliphatic rings. The zero-order valence-corrected chi connectivity index (χ0v) is 20.8. The van der Waals surface area contributed by atoms with Crippen LogP contribution >= 0.6 is 34.2 Å². The minimum atomic E-state index is -4.64. The van der Waals surface area contributed by atoms with Gasteiger partial charge >= 0.3 is 6.18 Å². The van der Waals surface area contributed by atoms with Crippen LogP contribution in [0.3, 0.4) is 0 Å². The van der Waals surface area contributed by atoms with Crippen LogP contribution in [-0.4, -0.2) is 25.7 Å². The largest absolute Gasteiger partial charge is 0.418 e. The number of carbonyl (C=O) groups is 1. The van der Waals surface area contributed by atoms with Crippen LogP contribution < -0.4 is 5.32 Å². The average Bonchev–Trinajstić information content (AvgIpc) is 3.25. The summed E-state index contributed by atoms with van der Waals surface area (Å²) in [7, 11) is 0. The molecular weight excluding hydrogens is 594 g/mol. The molecule has 1 N–H and O–H groups in total. The van der Waals surface area contributed by atoms with Crippen molar-refractivity contribution in [3.05, 3.63) is 97.9 Å². The minimum Gasteiger partial charge on any atom is -0.322 e. The van der Waals surface area contributed by atoms with Crippen molar-refractivity contribution in [1.82, 2.24) is 19.7 Å². The lowest BCUT2D eigenvalue weighted by molar-refractivity contribution is -0.137. The fourth-order valence-corrected chi connectivity index (χ4v) is 3.55. The summed E-state index contributed by atoms with van der Waals surface area (Å²) >= 11 is 8.22. The fourth-order valence-electron chi connectivity index (χ4n) is 3.10. The van der Waals surface area contributed by atoms with Gasteiger partial charge in [0.15, 0.2) is 0 Å². The maximum absolute atomic E-state index is 13.7. The number of anilines is 1. The predicted molar refractivity (Wildman–Crippen MR) is 133 cm³/mol. The Morgan fingerprint density at radius 1 is 1.09 bits per heavy atom. The third-order valence-corrected chi connectivity index (χ3v) is 5.64. The number of halogens is 5. The van der Waals surface area contributed by atoms with E-state index in [9.17, 15) is 18.0 Å². The van der Waals surface area contributed by atoms with Gasteiger partial charge < -0.3 is 9.88 Å². The molecule has 0 aliphatic heterocycles. The van der Waals surface area contributed by atoms with E-state index in [2.05, 4.69) is 32.3 Å². The Bertz CT molecular complexity index is 1470. The zero-order valence-electron chi connectivity index (χ0n) is 17.9. The lowest BCUT2D eigenvalue weighted by Gasteiger charge is -2.15. The average molecular weight is 608 g/mol. The Morgan fingerprint density at radius 3 is 2.54 bits per heavy atom. The van der Waals surface area contributed by atoms with Gasteiger partial charge in [-0.25, -0.2) is 4.98 Å². The molecule has 4 aromatic rings. The number of nitrogens with one attached hydrogen (secondary N) is 1. The summed E-state index contributed by atoms with van der Waals surface area (Å²) in [5.74, 6) is 5.04. The number of benzene rings is 2. The van der Waals surface area contributed by atoms with Crippen LogP contribution in [0.4, 0.5) is 18.9 Å². The van der Waals surface area contributed by atoms with Gasteiger partial charge in [0.25, 0.3) is 5.91 Å². The number of aromatic nitrogens is 4. The summed E-state index contributed by atoms with van der Waals surface area (Å²) in [6, 6.07) is 11.4. The van der Waals surface area contributed by atoms with Gasteiger partial charge in [-0.15, -0.1) is 10.2 Å². The highest BCUT2D eigenvalue weighted by Gasteiger charge is 2.34. The first-order chi connectivity index (χ1) is 16.6. The van der Waals surface area contributed by atoms with Crippen LogP contribution in [0, 0.1) is 22.5 Å². The van der Waals surface area contributed by atoms with E-state index in [-0.39, 0.29) is 16.9 Å². The lowest BCUT2D eigenvalue weighted by Crippen LogP contribution is -2.15. The number of imidazole rings is 1. The first kappa shape index (κ1) is 24.7. The van der Waals surface area contributed by atoms with E-state index >= 15 is 0 Å². The molecule has 2 heterocycles. The van der Waals surface area contributed by atoms with Crippen LogP contribution in [0.2, 0.25) is 5.02 Å². The van der Waals surface area contributed by atoms with Gasteiger partial charge in [0.05, 0.1) is 28.3 Å². The Labute approximate surface area is 216 Å². The zero-order chi connectivity index (χ0) is 25.2. The smallest absolute Gasteiger partial charge is 0.322 e. The maximum atomic E-state index is 13.7. The minimum absolute atomic E-state index is 0.0142. The van der Waals surface area contributed by atoms with Crippen molar-refractivity contribution in [2.24, 2.45) is 0 Å². The number of hydrogen-bond donors (Lipinski definition) is 1. The third kappa shape index (κ3) is 5.98. The van der Waals surface area contributed by atoms with Crippen LogP contribution in [-0.2, 0) is 6.18 Å². The molecule has 0 spiro atoms. The molecule has 35 heavy (non-hydrogen) atoms. The molecule has 2 aromatic carbocycles. The molecule has 1 amide bonds. The topological polar surface area (TPSA) is 72.7 Å². The summed E-state index contributed by atoms with van der Waals surface area (Å²) in [5.41, 5.74) is 0.514. The standard InChI is InChI=1S/C24H14ClF3IN5O/c1-14-12-34(13-30-14)21-8-5-18(11-19(21)24(26,27)28)31-23(35)16-3-7-20(25)15(10-16)2-4-17-6-9-22(29)33-32-17/h3,5-13H,1H3,(H,31,35). The Hall–Kier alpha value is -3.43. The molecule has 0 atom stereocenters. The number of alkyl halides is 3. The van der Waals surface area contributed by atoms with E-state index in [4.69, 9.17) is 11.6 Å². The first-order valence-corrected chi connectivity index (χ1v) is 11.4. The monoisotopic (exact) mass is 607 g/mol. The summed E-state index contributed by atoms with van der Waals surface area (Å²) < 4.78 is 43.2. The number of hydrogen-bond acceptors (Lipinski definition) is 4. The highest BCUT2D eigenvalue weighted by molar-refractivity contribution is 14.1. The van der Waals surface area contributed by atoms with Gasteiger partial charge in [0.1, 0.15) is 9.39 Å². The molecule has 0 aliphatic carbocycles. The van der Waals surface area contributed by atoms with Gasteiger partial charge in [-0.05, 0) is 84.0 Å². The van der Waals surface area contributed by atoms with Crippen molar-refractivity contribution in [2.75, 3.05) is 5.32 Å². The number of nitrogens with zero attached hydrogens (tertiary/aromatic N) is 4. The van der Waals surface area contributed by atoms with Gasteiger partial charge in [-0.3, -0.25) is 4.79 Å². The van der Waals surface area contributed by atoms with Crippen molar-refractivity contribution >= 4 is 45.8 Å². The summed E-state index contributed by atoms with van der Waals surface area (Å²) in [6.07, 6.45) is -1.85. The molecule has 0 fully saturated rings. The first-order valence-electron chi connectivity index (χ1n) is 9.94. The fraction of sp³-hybridized carbons (Fsp3) is 0.0833. The molecule has 0 saturated carbocycles. The molecule has 0 saturated heterocycles.